The lowest BCUT2D eigenvalue weighted by atomic mass is 10.1. The first-order valence-electron chi connectivity index (χ1n) is 8.70. The lowest BCUT2D eigenvalue weighted by molar-refractivity contribution is 0.0958. The third-order valence-corrected chi connectivity index (χ3v) is 5.19. The Morgan fingerprint density at radius 1 is 0.778 bits per heavy atom. The fourth-order valence-corrected chi connectivity index (χ4v) is 3.82. The summed E-state index contributed by atoms with van der Waals surface area (Å²) in [6, 6.07) is 24.9. The first kappa shape index (κ1) is 19.0. The normalized spacial score (nSPS) is 10.6. The van der Waals surface area contributed by atoms with E-state index in [1.165, 1.54) is 0 Å². The van der Waals surface area contributed by atoms with E-state index in [4.69, 9.17) is 0 Å². The van der Waals surface area contributed by atoms with Crippen LogP contribution in [-0.4, -0.2) is 31.3 Å². The highest BCUT2D eigenvalue weighted by Gasteiger charge is 2.05. The molecule has 4 rings (SSSR count). The summed E-state index contributed by atoms with van der Waals surface area (Å²) in [7, 11) is 3.78. The predicted molar refractivity (Wildman–Crippen MR) is 115 cm³/mol. The van der Waals surface area contributed by atoms with Crippen molar-refractivity contribution < 1.29 is 4.79 Å². The molecule has 0 saturated heterocycles. The quantitative estimate of drug-likeness (QED) is 0.380. The molecule has 1 aromatic heterocycles. The Bertz CT molecular complexity index is 1060. The minimum Gasteiger partial charge on any atom is -0.302 e. The van der Waals surface area contributed by atoms with Crippen molar-refractivity contribution in [3.05, 3.63) is 94.6 Å². The van der Waals surface area contributed by atoms with Crippen LogP contribution in [0.4, 0.5) is 0 Å². The fourth-order valence-electron chi connectivity index (χ4n) is 2.75. The molecule has 0 spiro atoms. The van der Waals surface area contributed by atoms with Crippen molar-refractivity contribution in [3.8, 4) is 0 Å². The van der Waals surface area contributed by atoms with Gasteiger partial charge < -0.3 is 4.90 Å². The Morgan fingerprint density at radius 2 is 1.26 bits per heavy atom. The predicted octanol–water partition coefficient (Wildman–Crippen LogP) is 4.85. The molecule has 136 valence electrons. The Kier molecular flexibility index (Phi) is 6.12. The monoisotopic (exact) mass is 375 g/mol. The summed E-state index contributed by atoms with van der Waals surface area (Å²) in [4.78, 5) is 25.4. The van der Waals surface area contributed by atoms with Gasteiger partial charge in [-0.25, -0.2) is 0 Å². The molecule has 0 aliphatic heterocycles. The van der Waals surface area contributed by atoms with Gasteiger partial charge in [-0.1, -0.05) is 54.6 Å². The van der Waals surface area contributed by atoms with Gasteiger partial charge in [0, 0.05) is 25.7 Å². The molecule has 0 unspecified atom stereocenters. The molecule has 0 saturated carbocycles. The molecule has 27 heavy (non-hydrogen) atoms. The van der Waals surface area contributed by atoms with Crippen LogP contribution in [0.25, 0.3) is 20.2 Å². The average molecular weight is 375 g/mol. The van der Waals surface area contributed by atoms with E-state index in [2.05, 4.69) is 0 Å². The van der Waals surface area contributed by atoms with E-state index in [-0.39, 0.29) is 11.2 Å². The third-order valence-electron chi connectivity index (χ3n) is 4.04. The molecule has 0 N–H and O–H groups in total. The van der Waals surface area contributed by atoms with Crippen molar-refractivity contribution in [2.45, 2.75) is 0 Å². The zero-order valence-corrected chi connectivity index (χ0v) is 16.2. The maximum absolute atomic E-state index is 12.1. The zero-order valence-electron chi connectivity index (χ0n) is 15.4. The van der Waals surface area contributed by atoms with E-state index in [0.717, 1.165) is 25.7 Å². The van der Waals surface area contributed by atoms with Gasteiger partial charge in [-0.05, 0) is 38.4 Å². The molecule has 0 atom stereocenters. The smallest absolute Gasteiger partial charge is 0.195 e. The van der Waals surface area contributed by atoms with Gasteiger partial charge in [0.15, 0.2) is 11.2 Å². The van der Waals surface area contributed by atoms with Crippen molar-refractivity contribution in [3.63, 3.8) is 0 Å². The van der Waals surface area contributed by atoms with Crippen LogP contribution in [0.5, 0.6) is 0 Å². The summed E-state index contributed by atoms with van der Waals surface area (Å²) in [5, 5.41) is 1.64. The number of hydrogen-bond donors (Lipinski definition) is 0. The highest BCUT2D eigenvalue weighted by molar-refractivity contribution is 7.24. The van der Waals surface area contributed by atoms with Crippen LogP contribution in [0.1, 0.15) is 10.4 Å². The summed E-state index contributed by atoms with van der Waals surface area (Å²) in [5.41, 5.74) is 0.922. The van der Waals surface area contributed by atoms with Crippen molar-refractivity contribution in [1.82, 2.24) is 4.90 Å². The third kappa shape index (κ3) is 4.67. The van der Waals surface area contributed by atoms with Crippen LogP contribution in [0.2, 0.25) is 0 Å². The van der Waals surface area contributed by atoms with Gasteiger partial charge in [-0.2, -0.15) is 0 Å². The summed E-state index contributed by atoms with van der Waals surface area (Å²) >= 11 is 1.67. The number of nitrogens with zero attached hydrogens (tertiary/aromatic N) is 1. The standard InChI is InChI=1S/C13H8OS.C10H13NO/c14-13-9-5-1-3-7-11(9)15-12-8-4-2-6-10(12)13;1-11(2)8-10(12)9-6-4-3-5-7-9/h1-8H;3-7H,8H2,1-2H3. The average Bonchev–Trinajstić information content (AvgIpc) is 2.69. The number of carbonyl (C=O) groups is 1. The lowest BCUT2D eigenvalue weighted by Crippen LogP contribution is -2.21. The lowest BCUT2D eigenvalue weighted by Gasteiger charge is -2.07. The van der Waals surface area contributed by atoms with Crippen LogP contribution in [0, 0.1) is 0 Å². The van der Waals surface area contributed by atoms with E-state index < -0.39 is 0 Å². The van der Waals surface area contributed by atoms with Crippen molar-refractivity contribution in [1.29, 1.82) is 0 Å². The Hall–Kier alpha value is -2.82. The summed E-state index contributed by atoms with van der Waals surface area (Å²) in [5.74, 6) is 0.167. The summed E-state index contributed by atoms with van der Waals surface area (Å²) in [6.45, 7) is 0.476. The van der Waals surface area contributed by atoms with Gasteiger partial charge >= 0.3 is 0 Å². The van der Waals surface area contributed by atoms with Crippen LogP contribution in [-0.2, 0) is 0 Å². The minimum absolute atomic E-state index is 0.139. The van der Waals surface area contributed by atoms with Gasteiger partial charge in [0.05, 0.1) is 6.54 Å². The number of ketones is 1. The number of benzene rings is 3. The fraction of sp³-hybridized carbons (Fsp3) is 0.130. The van der Waals surface area contributed by atoms with Crippen molar-refractivity contribution >= 4 is 37.3 Å². The van der Waals surface area contributed by atoms with E-state index in [1.807, 2.05) is 97.9 Å². The molecule has 0 amide bonds. The number of likely N-dealkylation sites (N-methyl/N-ethyl adjacent to an activating group) is 1. The van der Waals surface area contributed by atoms with Gasteiger partial charge in [-0.3, -0.25) is 9.59 Å². The Labute approximate surface area is 162 Å². The number of rotatable bonds is 3. The second-order valence-electron chi connectivity index (χ2n) is 6.45. The number of Topliss-reactive ketones (excluding diaryl/α,β-unsaturated/α-hetero) is 1. The summed E-state index contributed by atoms with van der Waals surface area (Å²) < 4.78 is 2.11. The van der Waals surface area contributed by atoms with Crippen LogP contribution in [0.15, 0.2) is 83.7 Å². The topological polar surface area (TPSA) is 37.4 Å². The molecule has 4 aromatic rings. The molecule has 3 nitrogen and oxygen atoms in total. The van der Waals surface area contributed by atoms with E-state index in [0.29, 0.717) is 6.54 Å². The van der Waals surface area contributed by atoms with Crippen molar-refractivity contribution in [2.75, 3.05) is 20.6 Å². The first-order chi connectivity index (χ1) is 13.1. The van der Waals surface area contributed by atoms with Gasteiger partial charge in [0.25, 0.3) is 0 Å². The zero-order chi connectivity index (χ0) is 19.2. The van der Waals surface area contributed by atoms with Crippen LogP contribution < -0.4 is 5.43 Å². The molecule has 0 radical (unpaired) electrons. The molecule has 1 heterocycles. The molecule has 4 heteroatoms. The maximum Gasteiger partial charge on any atom is 0.195 e. The van der Waals surface area contributed by atoms with Crippen molar-refractivity contribution in [2.24, 2.45) is 0 Å². The molecule has 0 bridgehead atoms. The van der Waals surface area contributed by atoms with E-state index in [1.54, 1.807) is 11.3 Å². The largest absolute Gasteiger partial charge is 0.302 e. The first-order valence-corrected chi connectivity index (χ1v) is 9.51. The van der Waals surface area contributed by atoms with Gasteiger partial charge in [-0.15, -0.1) is 11.3 Å². The van der Waals surface area contributed by atoms with Gasteiger partial charge in [0.2, 0.25) is 0 Å². The molecule has 3 aromatic carbocycles. The highest BCUT2D eigenvalue weighted by Crippen LogP contribution is 2.23. The number of fused-ring (bicyclic) bond motifs is 2. The highest BCUT2D eigenvalue weighted by atomic mass is 32.1. The SMILES string of the molecule is CN(C)CC(=O)c1ccccc1.O=c1c2ccccc2sc2ccccc12. The summed E-state index contributed by atoms with van der Waals surface area (Å²) in [6.07, 6.45) is 0. The van der Waals surface area contributed by atoms with Crippen LogP contribution in [0.3, 0.4) is 0 Å². The second-order valence-corrected chi connectivity index (χ2v) is 7.53. The molecule has 0 fully saturated rings. The number of carbonyl (C=O) groups excluding carboxylic acids is 1. The molecule has 0 aliphatic rings. The Morgan fingerprint density at radius 3 is 1.78 bits per heavy atom. The van der Waals surface area contributed by atoms with E-state index >= 15 is 0 Å². The molecular weight excluding hydrogens is 354 g/mol. The Balaban J connectivity index is 0.000000161. The molecular formula is C23H21NO2S. The number of hydrogen-bond acceptors (Lipinski definition) is 4. The van der Waals surface area contributed by atoms with Crippen LogP contribution >= 0.6 is 11.3 Å². The van der Waals surface area contributed by atoms with Gasteiger partial charge in [0.1, 0.15) is 0 Å². The van der Waals surface area contributed by atoms with E-state index in [9.17, 15) is 9.59 Å². The minimum atomic E-state index is 0.139. The molecule has 0 aliphatic carbocycles. The maximum atomic E-state index is 12.1. The second kappa shape index (κ2) is 8.71.